The van der Waals surface area contributed by atoms with Gasteiger partial charge in [-0.1, -0.05) is 30.4 Å². The molecule has 0 radical (unpaired) electrons. The molecule has 4 nitrogen and oxygen atoms in total. The van der Waals surface area contributed by atoms with Crippen LogP contribution in [0.2, 0.25) is 0 Å². The van der Waals surface area contributed by atoms with Crippen LogP contribution in [0.15, 0.2) is 30.3 Å². The normalized spacial score (nSPS) is 20.6. The van der Waals surface area contributed by atoms with E-state index in [-0.39, 0.29) is 11.7 Å². The Morgan fingerprint density at radius 2 is 1.88 bits per heavy atom. The predicted molar refractivity (Wildman–Crippen MR) is 92.0 cm³/mol. The van der Waals surface area contributed by atoms with Crippen molar-refractivity contribution >= 4 is 12.0 Å². The molecule has 1 aromatic rings. The Morgan fingerprint density at radius 1 is 1.17 bits per heavy atom. The van der Waals surface area contributed by atoms with Gasteiger partial charge in [0.2, 0.25) is 5.91 Å². The molecule has 5 heteroatoms. The molecule has 0 unspecified atom stereocenters. The van der Waals surface area contributed by atoms with Crippen LogP contribution in [0.3, 0.4) is 0 Å². The second kappa shape index (κ2) is 8.40. The first kappa shape index (κ1) is 17.1. The number of nitrogens with zero attached hydrogens (tertiary/aromatic N) is 2. The van der Waals surface area contributed by atoms with E-state index in [0.29, 0.717) is 18.0 Å². The van der Waals surface area contributed by atoms with Crippen molar-refractivity contribution in [1.82, 2.24) is 9.80 Å². The molecule has 0 atom stereocenters. The zero-order valence-corrected chi connectivity index (χ0v) is 14.0. The molecule has 2 aliphatic rings. The highest BCUT2D eigenvalue weighted by molar-refractivity contribution is 5.78. The van der Waals surface area contributed by atoms with Gasteiger partial charge in [-0.05, 0) is 24.8 Å². The summed E-state index contributed by atoms with van der Waals surface area (Å²) >= 11 is 0. The second-order valence-electron chi connectivity index (χ2n) is 6.49. The third-order valence-corrected chi connectivity index (χ3v) is 4.81. The monoisotopic (exact) mass is 332 g/mol. The lowest BCUT2D eigenvalue weighted by Gasteiger charge is -2.33. The average Bonchev–Trinajstić information content (AvgIpc) is 2.62. The lowest BCUT2D eigenvalue weighted by Crippen LogP contribution is -2.46. The molecule has 0 aliphatic carbocycles. The first-order chi connectivity index (χ1) is 11.7. The summed E-state index contributed by atoms with van der Waals surface area (Å²) in [5, 5.41) is 0. The first-order valence-corrected chi connectivity index (χ1v) is 8.73. The van der Waals surface area contributed by atoms with Crippen molar-refractivity contribution in [3.8, 4) is 0 Å². The van der Waals surface area contributed by atoms with Crippen LogP contribution in [0.1, 0.15) is 18.4 Å². The zero-order valence-electron chi connectivity index (χ0n) is 14.0. The fraction of sp³-hybridized carbons (Fsp3) is 0.526. The Balaban J connectivity index is 1.45. The quantitative estimate of drug-likeness (QED) is 0.849. The molecule has 0 bridgehead atoms. The molecule has 0 saturated carbocycles. The summed E-state index contributed by atoms with van der Waals surface area (Å²) in [4.78, 5) is 16.5. The molecule has 2 saturated heterocycles. The van der Waals surface area contributed by atoms with Crippen molar-refractivity contribution in [2.75, 3.05) is 45.9 Å². The van der Waals surface area contributed by atoms with Gasteiger partial charge >= 0.3 is 0 Å². The van der Waals surface area contributed by atoms with E-state index in [0.717, 1.165) is 52.2 Å². The standard InChI is InChI=1S/C19H25FN2O2/c20-18-4-2-1-3-17(18)6-5-16-7-9-22(10-8-16)19(23)15-21-11-13-24-14-12-21/h1-6,16H,7-15H2. The fourth-order valence-electron chi connectivity index (χ4n) is 3.24. The molecule has 0 N–H and O–H groups in total. The van der Waals surface area contributed by atoms with E-state index in [2.05, 4.69) is 11.0 Å². The van der Waals surface area contributed by atoms with Gasteiger partial charge in [-0.3, -0.25) is 9.69 Å². The number of piperidine rings is 1. The van der Waals surface area contributed by atoms with Crippen molar-refractivity contribution in [3.05, 3.63) is 41.7 Å². The predicted octanol–water partition coefficient (Wildman–Crippen LogP) is 2.41. The van der Waals surface area contributed by atoms with E-state index in [1.807, 2.05) is 17.0 Å². The summed E-state index contributed by atoms with van der Waals surface area (Å²) in [7, 11) is 0. The molecule has 1 aromatic carbocycles. The molecule has 0 spiro atoms. The molecule has 1 amide bonds. The van der Waals surface area contributed by atoms with Crippen LogP contribution in [0, 0.1) is 11.7 Å². The number of ether oxygens (including phenoxy) is 1. The summed E-state index contributed by atoms with van der Waals surface area (Å²) in [6.07, 6.45) is 5.84. The number of allylic oxidation sites excluding steroid dienone is 1. The molecule has 130 valence electrons. The molecule has 2 aliphatic heterocycles. The number of morpholine rings is 1. The molecule has 24 heavy (non-hydrogen) atoms. The molecule has 3 rings (SSSR count). The smallest absolute Gasteiger partial charge is 0.236 e. The van der Waals surface area contributed by atoms with Crippen LogP contribution in [0.4, 0.5) is 4.39 Å². The van der Waals surface area contributed by atoms with E-state index in [1.54, 1.807) is 12.1 Å². The maximum atomic E-state index is 13.6. The maximum absolute atomic E-state index is 13.6. The van der Waals surface area contributed by atoms with Gasteiger partial charge in [0, 0.05) is 31.7 Å². The summed E-state index contributed by atoms with van der Waals surface area (Å²) in [6, 6.07) is 6.81. The van der Waals surface area contributed by atoms with E-state index < -0.39 is 0 Å². The summed E-state index contributed by atoms with van der Waals surface area (Å²) < 4.78 is 18.9. The van der Waals surface area contributed by atoms with Crippen LogP contribution < -0.4 is 0 Å². The maximum Gasteiger partial charge on any atom is 0.236 e. The van der Waals surface area contributed by atoms with Crippen LogP contribution in [0.5, 0.6) is 0 Å². The van der Waals surface area contributed by atoms with E-state index >= 15 is 0 Å². The minimum atomic E-state index is -0.188. The van der Waals surface area contributed by atoms with Gasteiger partial charge in [-0.2, -0.15) is 0 Å². The third kappa shape index (κ3) is 4.65. The Hall–Kier alpha value is -1.72. The second-order valence-corrected chi connectivity index (χ2v) is 6.49. The Labute approximate surface area is 142 Å². The Bertz CT molecular complexity index is 576. The van der Waals surface area contributed by atoms with Crippen molar-refractivity contribution in [2.24, 2.45) is 5.92 Å². The molecule has 2 fully saturated rings. The van der Waals surface area contributed by atoms with E-state index in [9.17, 15) is 9.18 Å². The van der Waals surface area contributed by atoms with Gasteiger partial charge in [0.1, 0.15) is 5.82 Å². The molecule has 2 heterocycles. The van der Waals surface area contributed by atoms with Crippen molar-refractivity contribution < 1.29 is 13.9 Å². The summed E-state index contributed by atoms with van der Waals surface area (Å²) in [5.41, 5.74) is 0.628. The minimum Gasteiger partial charge on any atom is -0.379 e. The van der Waals surface area contributed by atoms with Crippen molar-refractivity contribution in [3.63, 3.8) is 0 Å². The van der Waals surface area contributed by atoms with E-state index in [4.69, 9.17) is 4.74 Å². The largest absolute Gasteiger partial charge is 0.379 e. The number of halogens is 1. The van der Waals surface area contributed by atoms with Gasteiger partial charge in [0.05, 0.1) is 19.8 Å². The number of carbonyl (C=O) groups excluding carboxylic acids is 1. The zero-order chi connectivity index (χ0) is 16.8. The number of amides is 1. The molecular formula is C19H25FN2O2. The Morgan fingerprint density at radius 3 is 2.58 bits per heavy atom. The number of likely N-dealkylation sites (tertiary alicyclic amines) is 1. The van der Waals surface area contributed by atoms with Crippen LogP contribution >= 0.6 is 0 Å². The third-order valence-electron chi connectivity index (χ3n) is 4.81. The van der Waals surface area contributed by atoms with Gasteiger partial charge in [-0.25, -0.2) is 4.39 Å². The topological polar surface area (TPSA) is 32.8 Å². The number of carbonyl (C=O) groups is 1. The summed E-state index contributed by atoms with van der Waals surface area (Å²) in [6.45, 7) is 5.19. The van der Waals surface area contributed by atoms with Gasteiger partial charge < -0.3 is 9.64 Å². The Kier molecular flexibility index (Phi) is 5.99. The SMILES string of the molecule is O=C(CN1CCOCC1)N1CCC(C=Cc2ccccc2F)CC1. The summed E-state index contributed by atoms with van der Waals surface area (Å²) in [5.74, 6) is 0.442. The lowest BCUT2D eigenvalue weighted by atomic mass is 9.95. The number of benzene rings is 1. The fourth-order valence-corrected chi connectivity index (χ4v) is 3.24. The number of hydrogen-bond acceptors (Lipinski definition) is 3. The van der Waals surface area contributed by atoms with Crippen LogP contribution in [-0.2, 0) is 9.53 Å². The number of hydrogen-bond donors (Lipinski definition) is 0. The van der Waals surface area contributed by atoms with Gasteiger partial charge in [0.15, 0.2) is 0 Å². The van der Waals surface area contributed by atoms with Crippen LogP contribution in [-0.4, -0.2) is 61.6 Å². The van der Waals surface area contributed by atoms with Crippen LogP contribution in [0.25, 0.3) is 6.08 Å². The minimum absolute atomic E-state index is 0.188. The average molecular weight is 332 g/mol. The van der Waals surface area contributed by atoms with Gasteiger partial charge in [0.25, 0.3) is 0 Å². The van der Waals surface area contributed by atoms with E-state index in [1.165, 1.54) is 6.07 Å². The van der Waals surface area contributed by atoms with Crippen molar-refractivity contribution in [2.45, 2.75) is 12.8 Å². The van der Waals surface area contributed by atoms with Gasteiger partial charge in [-0.15, -0.1) is 0 Å². The highest BCUT2D eigenvalue weighted by atomic mass is 19.1. The highest BCUT2D eigenvalue weighted by Gasteiger charge is 2.23. The number of rotatable bonds is 4. The van der Waals surface area contributed by atoms with Crippen molar-refractivity contribution in [1.29, 1.82) is 0 Å². The lowest BCUT2D eigenvalue weighted by molar-refractivity contribution is -0.134. The molecule has 0 aromatic heterocycles. The first-order valence-electron chi connectivity index (χ1n) is 8.73. The highest BCUT2D eigenvalue weighted by Crippen LogP contribution is 2.20. The molecular weight excluding hydrogens is 307 g/mol.